The molecule has 1 saturated heterocycles. The zero-order chi connectivity index (χ0) is 27.8. The number of nitrogens with one attached hydrogen (secondary N) is 1. The highest BCUT2D eigenvalue weighted by Gasteiger charge is 2.70. The minimum absolute atomic E-state index is 0.132. The summed E-state index contributed by atoms with van der Waals surface area (Å²) in [6.07, 6.45) is 3.51. The van der Waals surface area contributed by atoms with Crippen LogP contribution in [-0.2, 0) is 10.2 Å². The van der Waals surface area contributed by atoms with Crippen LogP contribution in [0.5, 0.6) is 0 Å². The molecule has 0 aliphatic carbocycles. The smallest absolute Gasteiger partial charge is 0.238 e. The Morgan fingerprint density at radius 2 is 1.62 bits per heavy atom. The molecule has 3 aliphatic heterocycles. The van der Waals surface area contributed by atoms with Crippen molar-refractivity contribution in [2.45, 2.75) is 38.3 Å². The zero-order valence-corrected chi connectivity index (χ0v) is 22.5. The lowest BCUT2D eigenvalue weighted by Crippen LogP contribution is -2.51. The van der Waals surface area contributed by atoms with Gasteiger partial charge in [-0.2, -0.15) is 0 Å². The van der Waals surface area contributed by atoms with Gasteiger partial charge in [-0.1, -0.05) is 65.7 Å². The molecule has 1 amide bonds. The zero-order valence-electron chi connectivity index (χ0n) is 22.5. The van der Waals surface area contributed by atoms with Crippen molar-refractivity contribution in [2.24, 2.45) is 5.92 Å². The molecular formula is C34H28N2O4. The van der Waals surface area contributed by atoms with Gasteiger partial charge in [0.25, 0.3) is 0 Å². The maximum absolute atomic E-state index is 14.6. The molecule has 4 atom stereocenters. The minimum atomic E-state index is -1.35. The molecule has 3 aliphatic rings. The first-order chi connectivity index (χ1) is 19.3. The number of allylic oxidation sites excluding steroid dienone is 1. The molecule has 4 heterocycles. The van der Waals surface area contributed by atoms with E-state index in [1.807, 2.05) is 74.2 Å². The number of Topliss-reactive ketones (excluding diaryl/α,β-unsaturated/α-hetero) is 2. The van der Waals surface area contributed by atoms with Crippen LogP contribution in [0.25, 0.3) is 5.57 Å². The number of benzene rings is 3. The Labute approximate surface area is 232 Å². The molecule has 0 saturated carbocycles. The van der Waals surface area contributed by atoms with Crippen LogP contribution in [0.3, 0.4) is 0 Å². The summed E-state index contributed by atoms with van der Waals surface area (Å²) in [5, 5.41) is 3.06. The molecule has 6 heteroatoms. The molecule has 1 aromatic heterocycles. The number of para-hydroxylation sites is 1. The Morgan fingerprint density at radius 1 is 0.875 bits per heavy atom. The van der Waals surface area contributed by atoms with E-state index in [0.717, 1.165) is 33.5 Å². The number of amides is 1. The SMILES string of the molecule is CC1=C[C@@H]2N(c3ccc(C)cc31)[C@H](C(=O)c1ccc(C)cc1)[C@H](C(=O)c1ccco1)[C@]21C(=O)Nc2ccccc21. The number of anilines is 2. The van der Waals surface area contributed by atoms with E-state index in [1.165, 1.54) is 6.26 Å². The number of hydrogen-bond acceptors (Lipinski definition) is 5. The summed E-state index contributed by atoms with van der Waals surface area (Å²) < 4.78 is 5.62. The summed E-state index contributed by atoms with van der Waals surface area (Å²) in [5.41, 5.74) is 5.48. The Hall–Kier alpha value is -4.71. The van der Waals surface area contributed by atoms with Crippen LogP contribution in [0.4, 0.5) is 11.4 Å². The second-order valence-electron chi connectivity index (χ2n) is 11.1. The number of hydrogen-bond donors (Lipinski definition) is 1. The van der Waals surface area contributed by atoms with E-state index in [-0.39, 0.29) is 23.2 Å². The van der Waals surface area contributed by atoms with E-state index >= 15 is 0 Å². The number of furan rings is 1. The van der Waals surface area contributed by atoms with Crippen molar-refractivity contribution in [3.8, 4) is 0 Å². The fourth-order valence-corrected chi connectivity index (χ4v) is 7.01. The van der Waals surface area contributed by atoms with E-state index in [1.54, 1.807) is 24.3 Å². The van der Waals surface area contributed by atoms with E-state index < -0.39 is 23.4 Å². The van der Waals surface area contributed by atoms with Crippen molar-refractivity contribution in [2.75, 3.05) is 10.2 Å². The van der Waals surface area contributed by atoms with Gasteiger partial charge in [0, 0.05) is 22.5 Å². The highest BCUT2D eigenvalue weighted by molar-refractivity contribution is 6.18. The normalized spacial score (nSPS) is 24.3. The molecule has 198 valence electrons. The molecule has 7 rings (SSSR count). The Morgan fingerprint density at radius 3 is 2.38 bits per heavy atom. The Bertz CT molecular complexity index is 1730. The van der Waals surface area contributed by atoms with Gasteiger partial charge in [0.2, 0.25) is 11.7 Å². The van der Waals surface area contributed by atoms with Gasteiger partial charge < -0.3 is 14.6 Å². The van der Waals surface area contributed by atoms with Gasteiger partial charge in [0.15, 0.2) is 11.5 Å². The molecule has 1 fully saturated rings. The fraction of sp³-hybridized carbons (Fsp3) is 0.206. The van der Waals surface area contributed by atoms with E-state index in [4.69, 9.17) is 4.42 Å². The maximum atomic E-state index is 14.6. The molecule has 1 N–H and O–H groups in total. The lowest BCUT2D eigenvalue weighted by Gasteiger charge is -2.39. The van der Waals surface area contributed by atoms with E-state index in [0.29, 0.717) is 11.3 Å². The van der Waals surface area contributed by atoms with Gasteiger partial charge in [0.05, 0.1) is 18.2 Å². The lowest BCUT2D eigenvalue weighted by molar-refractivity contribution is -0.121. The summed E-state index contributed by atoms with van der Waals surface area (Å²) in [4.78, 5) is 45.6. The minimum Gasteiger partial charge on any atom is -0.461 e. The number of carbonyl (C=O) groups is 3. The van der Waals surface area contributed by atoms with Crippen LogP contribution in [0.2, 0.25) is 0 Å². The second-order valence-corrected chi connectivity index (χ2v) is 11.1. The standard InChI is InChI=1S/C34H28N2O4/c1-19-10-13-22(14-11-19)31(37)30-29(32(38)27-9-6-16-40-27)34(24-7-4-5-8-25(24)35-33(34)39)28-18-21(3)23-17-20(2)12-15-26(23)36(28)30/h4-18,28-30H,1-3H3,(H,35,39)/t28-,29+,30-,34+/m0/s1. The van der Waals surface area contributed by atoms with Crippen LogP contribution in [0.1, 0.15) is 50.1 Å². The fourth-order valence-electron chi connectivity index (χ4n) is 7.01. The molecule has 3 aromatic carbocycles. The van der Waals surface area contributed by atoms with Crippen molar-refractivity contribution in [1.82, 2.24) is 0 Å². The predicted octanol–water partition coefficient (Wildman–Crippen LogP) is 6.14. The third kappa shape index (κ3) is 3.19. The van der Waals surface area contributed by atoms with Gasteiger partial charge in [-0.05, 0) is 62.2 Å². The summed E-state index contributed by atoms with van der Waals surface area (Å²) in [5.74, 6) is -1.77. The third-order valence-corrected chi connectivity index (χ3v) is 8.78. The number of rotatable bonds is 4. The van der Waals surface area contributed by atoms with Crippen molar-refractivity contribution in [3.63, 3.8) is 0 Å². The van der Waals surface area contributed by atoms with E-state index in [2.05, 4.69) is 17.5 Å². The highest BCUT2D eigenvalue weighted by Crippen LogP contribution is 2.58. The molecule has 4 aromatic rings. The van der Waals surface area contributed by atoms with Crippen molar-refractivity contribution in [1.29, 1.82) is 0 Å². The maximum Gasteiger partial charge on any atom is 0.238 e. The van der Waals surface area contributed by atoms with Crippen molar-refractivity contribution >= 4 is 34.4 Å². The summed E-state index contributed by atoms with van der Waals surface area (Å²) in [7, 11) is 0. The average molecular weight is 529 g/mol. The highest BCUT2D eigenvalue weighted by atomic mass is 16.3. The molecule has 0 bridgehead atoms. The number of ketones is 2. The first-order valence-electron chi connectivity index (χ1n) is 13.5. The molecule has 6 nitrogen and oxygen atoms in total. The molecule has 40 heavy (non-hydrogen) atoms. The molecular weight excluding hydrogens is 500 g/mol. The molecule has 0 radical (unpaired) electrons. The largest absolute Gasteiger partial charge is 0.461 e. The van der Waals surface area contributed by atoms with Crippen LogP contribution in [0.15, 0.2) is 95.6 Å². The van der Waals surface area contributed by atoms with Gasteiger partial charge >= 0.3 is 0 Å². The van der Waals surface area contributed by atoms with Gasteiger partial charge in [-0.3, -0.25) is 14.4 Å². The molecule has 1 spiro atoms. The predicted molar refractivity (Wildman–Crippen MR) is 154 cm³/mol. The third-order valence-electron chi connectivity index (χ3n) is 8.78. The Balaban J connectivity index is 1.56. The van der Waals surface area contributed by atoms with Crippen LogP contribution < -0.4 is 10.2 Å². The topological polar surface area (TPSA) is 79.6 Å². The summed E-state index contributed by atoms with van der Waals surface area (Å²) in [6, 6.07) is 22.8. The van der Waals surface area contributed by atoms with Gasteiger partial charge in [0.1, 0.15) is 11.5 Å². The van der Waals surface area contributed by atoms with Crippen molar-refractivity contribution in [3.05, 3.63) is 125 Å². The number of fused-ring (bicyclic) bond motifs is 6. The monoisotopic (exact) mass is 528 g/mol. The van der Waals surface area contributed by atoms with Crippen LogP contribution in [-0.4, -0.2) is 29.6 Å². The summed E-state index contributed by atoms with van der Waals surface area (Å²) >= 11 is 0. The average Bonchev–Trinajstić information content (AvgIpc) is 3.66. The van der Waals surface area contributed by atoms with Crippen molar-refractivity contribution < 1.29 is 18.8 Å². The van der Waals surface area contributed by atoms with Gasteiger partial charge in [-0.25, -0.2) is 0 Å². The Kier molecular flexibility index (Phi) is 5.26. The second kappa shape index (κ2) is 8.65. The number of carbonyl (C=O) groups excluding carboxylic acids is 3. The first-order valence-corrected chi connectivity index (χ1v) is 13.5. The molecule has 0 unspecified atom stereocenters. The van der Waals surface area contributed by atoms with Crippen LogP contribution in [0, 0.1) is 19.8 Å². The lowest BCUT2D eigenvalue weighted by atomic mass is 9.64. The summed E-state index contributed by atoms with van der Waals surface area (Å²) in [6.45, 7) is 6.03. The number of aryl methyl sites for hydroxylation is 2. The van der Waals surface area contributed by atoms with Crippen LogP contribution >= 0.6 is 0 Å². The van der Waals surface area contributed by atoms with Gasteiger partial charge in [-0.15, -0.1) is 0 Å². The van der Waals surface area contributed by atoms with E-state index in [9.17, 15) is 14.4 Å². The first kappa shape index (κ1) is 24.3. The quantitative estimate of drug-likeness (QED) is 0.322. The number of nitrogens with zero attached hydrogens (tertiary/aromatic N) is 1.